The largest absolute Gasteiger partial charge is 0.507 e. The Labute approximate surface area is 148 Å². The summed E-state index contributed by atoms with van der Waals surface area (Å²) in [6, 6.07) is 6.04. The Morgan fingerprint density at radius 3 is 2.31 bits per heavy atom. The number of aliphatic hydroxyl groups is 2. The lowest BCUT2D eigenvalue weighted by molar-refractivity contribution is -0.0541. The molecule has 5 rings (SSSR count). The number of carbonyl (C=O) groups is 2. The minimum Gasteiger partial charge on any atom is -0.507 e. The summed E-state index contributed by atoms with van der Waals surface area (Å²) in [7, 11) is 0. The minimum absolute atomic E-state index is 0.0289. The van der Waals surface area contributed by atoms with E-state index in [1.165, 1.54) is 12.1 Å². The van der Waals surface area contributed by atoms with Gasteiger partial charge in [-0.05, 0) is 35.2 Å². The predicted octanol–water partition coefficient (Wildman–Crippen LogP) is 1.97. The van der Waals surface area contributed by atoms with Gasteiger partial charge in [-0.1, -0.05) is 12.1 Å². The summed E-state index contributed by atoms with van der Waals surface area (Å²) < 4.78 is 0. The summed E-state index contributed by atoms with van der Waals surface area (Å²) in [5.74, 6) is -1.85. The zero-order chi connectivity index (χ0) is 18.4. The van der Waals surface area contributed by atoms with Gasteiger partial charge >= 0.3 is 0 Å². The minimum atomic E-state index is -1.59. The van der Waals surface area contributed by atoms with Crippen LogP contribution in [0.4, 0.5) is 0 Å². The smallest absolute Gasteiger partial charge is 0.169 e. The zero-order valence-electron chi connectivity index (χ0n) is 13.7. The van der Waals surface area contributed by atoms with E-state index in [2.05, 4.69) is 0 Å². The fraction of sp³-hybridized carbons (Fsp3) is 0.300. The van der Waals surface area contributed by atoms with Crippen LogP contribution in [0.25, 0.3) is 11.1 Å². The van der Waals surface area contributed by atoms with Gasteiger partial charge < -0.3 is 20.4 Å². The molecule has 0 aromatic heterocycles. The van der Waals surface area contributed by atoms with Crippen LogP contribution in [-0.2, 0) is 5.60 Å². The average molecular weight is 352 g/mol. The van der Waals surface area contributed by atoms with Gasteiger partial charge in [0.25, 0.3) is 0 Å². The number of hydrogen-bond donors (Lipinski definition) is 4. The first-order valence-electron chi connectivity index (χ1n) is 8.54. The molecule has 0 spiro atoms. The Balaban J connectivity index is 1.98. The molecular formula is C20H16O6. The number of aliphatic hydroxyl groups excluding tert-OH is 1. The van der Waals surface area contributed by atoms with Crippen LogP contribution in [0.5, 0.6) is 11.5 Å². The lowest BCUT2D eigenvalue weighted by Gasteiger charge is -2.49. The van der Waals surface area contributed by atoms with E-state index in [0.717, 1.165) is 0 Å². The fourth-order valence-corrected chi connectivity index (χ4v) is 5.03. The van der Waals surface area contributed by atoms with E-state index >= 15 is 0 Å². The molecule has 0 aliphatic heterocycles. The van der Waals surface area contributed by atoms with Crippen molar-refractivity contribution in [2.75, 3.05) is 0 Å². The molecule has 1 unspecified atom stereocenters. The van der Waals surface area contributed by atoms with Crippen molar-refractivity contribution in [3.05, 3.63) is 46.5 Å². The van der Waals surface area contributed by atoms with Crippen LogP contribution in [0.15, 0.2) is 24.3 Å². The molecule has 3 aliphatic rings. The van der Waals surface area contributed by atoms with E-state index in [1.807, 2.05) is 0 Å². The number of carbonyl (C=O) groups excluding carboxylic acids is 2. The Hall–Kier alpha value is -2.70. The van der Waals surface area contributed by atoms with Crippen LogP contribution < -0.4 is 0 Å². The van der Waals surface area contributed by atoms with Crippen LogP contribution in [0, 0.1) is 0 Å². The van der Waals surface area contributed by atoms with Crippen LogP contribution in [-0.4, -0.2) is 38.1 Å². The van der Waals surface area contributed by atoms with E-state index in [4.69, 9.17) is 0 Å². The van der Waals surface area contributed by atoms with Gasteiger partial charge in [0.2, 0.25) is 0 Å². The maximum absolute atomic E-state index is 12.5. The molecule has 6 heteroatoms. The normalized spacial score (nSPS) is 28.5. The molecule has 0 heterocycles. The van der Waals surface area contributed by atoms with Crippen molar-refractivity contribution in [3.63, 3.8) is 0 Å². The molecule has 2 aromatic rings. The maximum atomic E-state index is 12.5. The Bertz CT molecular complexity index is 1020. The SMILES string of the molecule is O=C1C[C@H](O)C2c3c(ccc(O)c31)-c1ccc(O)c3c1[C@@]2(O)CCC3=O. The van der Waals surface area contributed by atoms with Gasteiger partial charge in [0.1, 0.15) is 17.1 Å². The van der Waals surface area contributed by atoms with Gasteiger partial charge in [-0.3, -0.25) is 9.59 Å². The highest BCUT2D eigenvalue weighted by molar-refractivity contribution is 6.07. The summed E-state index contributed by atoms with van der Waals surface area (Å²) in [5, 5.41) is 42.8. The third-order valence-corrected chi connectivity index (χ3v) is 6.03. The quantitative estimate of drug-likeness (QED) is 0.576. The average Bonchev–Trinajstić information content (AvgIpc) is 2.58. The van der Waals surface area contributed by atoms with Crippen molar-refractivity contribution in [2.45, 2.75) is 36.9 Å². The summed E-state index contributed by atoms with van der Waals surface area (Å²) in [5.41, 5.74) is 0.496. The highest BCUT2D eigenvalue weighted by atomic mass is 16.3. The second-order valence-electron chi connectivity index (χ2n) is 7.32. The number of phenols is 2. The molecule has 0 saturated heterocycles. The van der Waals surface area contributed by atoms with Crippen molar-refractivity contribution in [1.82, 2.24) is 0 Å². The molecule has 3 aliphatic carbocycles. The molecule has 0 fully saturated rings. The fourth-order valence-electron chi connectivity index (χ4n) is 5.03. The lowest BCUT2D eigenvalue weighted by atomic mass is 9.57. The molecule has 3 atom stereocenters. The molecule has 0 radical (unpaired) electrons. The van der Waals surface area contributed by atoms with E-state index in [0.29, 0.717) is 22.3 Å². The van der Waals surface area contributed by atoms with Gasteiger partial charge in [0.15, 0.2) is 11.6 Å². The molecule has 0 amide bonds. The van der Waals surface area contributed by atoms with Crippen LogP contribution >= 0.6 is 0 Å². The molecule has 4 N–H and O–H groups in total. The van der Waals surface area contributed by atoms with Gasteiger partial charge in [-0.15, -0.1) is 0 Å². The van der Waals surface area contributed by atoms with E-state index in [-0.39, 0.29) is 53.5 Å². The number of phenolic OH excluding ortho intramolecular Hbond substituents is 2. The molecule has 0 bridgehead atoms. The molecule has 2 aromatic carbocycles. The lowest BCUT2D eigenvalue weighted by Crippen LogP contribution is -2.49. The van der Waals surface area contributed by atoms with Crippen LogP contribution in [0.2, 0.25) is 0 Å². The van der Waals surface area contributed by atoms with E-state index in [1.54, 1.807) is 12.1 Å². The molecule has 6 nitrogen and oxygen atoms in total. The van der Waals surface area contributed by atoms with Crippen molar-refractivity contribution < 1.29 is 30.0 Å². The number of rotatable bonds is 0. The third kappa shape index (κ3) is 1.63. The van der Waals surface area contributed by atoms with Gasteiger partial charge in [-0.25, -0.2) is 0 Å². The van der Waals surface area contributed by atoms with Gasteiger partial charge in [0, 0.05) is 24.3 Å². The number of aromatic hydroxyl groups is 2. The number of fused-ring (bicyclic) bond motifs is 2. The number of Topliss-reactive ketones (excluding diaryl/α,β-unsaturated/α-hetero) is 2. The molecule has 0 saturated carbocycles. The summed E-state index contributed by atoms with van der Waals surface area (Å²) in [6.07, 6.45) is -1.24. The number of ketones is 2. The third-order valence-electron chi connectivity index (χ3n) is 6.03. The highest BCUT2D eigenvalue weighted by Gasteiger charge is 2.56. The number of benzene rings is 2. The summed E-state index contributed by atoms with van der Waals surface area (Å²) >= 11 is 0. The first-order valence-corrected chi connectivity index (χ1v) is 8.54. The molecule has 132 valence electrons. The monoisotopic (exact) mass is 352 g/mol. The standard InChI is InChI=1S/C20H16O6/c21-10-3-1-8-9-2-4-11(22)17-12(23)5-6-20(26,18(9)17)19-14(25)7-13(24)16(10)15(8)19/h1-4,14,19,21-22,25-26H,5-7H2/t14-,19?,20-/m0/s1. The van der Waals surface area contributed by atoms with Gasteiger partial charge in [-0.2, -0.15) is 0 Å². The van der Waals surface area contributed by atoms with Crippen molar-refractivity contribution >= 4 is 11.6 Å². The van der Waals surface area contributed by atoms with Crippen molar-refractivity contribution in [3.8, 4) is 22.6 Å². The number of hydrogen-bond acceptors (Lipinski definition) is 6. The topological polar surface area (TPSA) is 115 Å². The second kappa shape index (κ2) is 4.72. The van der Waals surface area contributed by atoms with Gasteiger partial charge in [0.05, 0.1) is 17.2 Å². The Morgan fingerprint density at radius 1 is 0.923 bits per heavy atom. The first kappa shape index (κ1) is 15.5. The van der Waals surface area contributed by atoms with Crippen molar-refractivity contribution in [1.29, 1.82) is 0 Å². The molecular weight excluding hydrogens is 336 g/mol. The summed E-state index contributed by atoms with van der Waals surface area (Å²) in [6.45, 7) is 0. The first-order chi connectivity index (χ1) is 12.3. The molecule has 26 heavy (non-hydrogen) atoms. The maximum Gasteiger partial charge on any atom is 0.169 e. The van der Waals surface area contributed by atoms with Crippen molar-refractivity contribution in [2.24, 2.45) is 0 Å². The van der Waals surface area contributed by atoms with Crippen LogP contribution in [0.3, 0.4) is 0 Å². The summed E-state index contributed by atoms with van der Waals surface area (Å²) in [4.78, 5) is 24.9. The highest BCUT2D eigenvalue weighted by Crippen LogP contribution is 2.60. The van der Waals surface area contributed by atoms with Crippen LogP contribution in [0.1, 0.15) is 57.0 Å². The zero-order valence-corrected chi connectivity index (χ0v) is 13.7. The Morgan fingerprint density at radius 2 is 1.58 bits per heavy atom. The predicted molar refractivity (Wildman–Crippen MR) is 90.4 cm³/mol. The Kier molecular flexibility index (Phi) is 2.82. The van der Waals surface area contributed by atoms with E-state index < -0.39 is 17.6 Å². The van der Waals surface area contributed by atoms with E-state index in [9.17, 15) is 30.0 Å². The second-order valence-corrected chi connectivity index (χ2v) is 7.32.